The highest BCUT2D eigenvalue weighted by Gasteiger charge is 2.05. The first-order chi connectivity index (χ1) is 8.52. The van der Waals surface area contributed by atoms with Crippen molar-refractivity contribution in [1.29, 1.82) is 0 Å². The van der Waals surface area contributed by atoms with Crippen LogP contribution in [0.5, 0.6) is 0 Å². The average molecular weight is 396 g/mol. The number of aliphatic imine (C=N–C) groups is 1. The van der Waals surface area contributed by atoms with Crippen LogP contribution in [0.25, 0.3) is 0 Å². The van der Waals surface area contributed by atoms with Crippen molar-refractivity contribution in [3.8, 4) is 0 Å². The minimum atomic E-state index is 0. The van der Waals surface area contributed by atoms with E-state index in [-0.39, 0.29) is 36.4 Å². The average Bonchev–Trinajstić information content (AvgIpc) is 2.74. The maximum absolute atomic E-state index is 11.4. The van der Waals surface area contributed by atoms with Gasteiger partial charge in [-0.15, -0.1) is 35.3 Å². The Morgan fingerprint density at radius 2 is 2.05 bits per heavy atom. The number of carbonyl (C=O) groups excluding carboxylic acids is 1. The molecule has 0 aromatic carbocycles. The van der Waals surface area contributed by atoms with Crippen LogP contribution in [0.3, 0.4) is 0 Å². The predicted octanol–water partition coefficient (Wildman–Crippen LogP) is 1.43. The van der Waals surface area contributed by atoms with Gasteiger partial charge in [0.15, 0.2) is 5.96 Å². The highest BCUT2D eigenvalue weighted by molar-refractivity contribution is 14.0. The first kappa shape index (κ1) is 18.2. The van der Waals surface area contributed by atoms with E-state index >= 15 is 0 Å². The molecule has 0 unspecified atom stereocenters. The molecule has 0 atom stereocenters. The Hall–Kier alpha value is -0.830. The second-order valence-corrected chi connectivity index (χ2v) is 5.45. The molecule has 1 rings (SSSR count). The number of carbonyl (C=O) groups is 1. The highest BCUT2D eigenvalue weighted by atomic mass is 127. The van der Waals surface area contributed by atoms with Gasteiger partial charge in [-0.3, -0.25) is 9.79 Å². The molecule has 0 aliphatic carbocycles. The summed E-state index contributed by atoms with van der Waals surface area (Å²) >= 11 is 1.75. The van der Waals surface area contributed by atoms with Crippen LogP contribution in [0.1, 0.15) is 9.75 Å². The summed E-state index contributed by atoms with van der Waals surface area (Å²) in [6, 6.07) is 4.18. The molecule has 0 bridgehead atoms. The van der Waals surface area contributed by atoms with E-state index in [0.717, 1.165) is 0 Å². The van der Waals surface area contributed by atoms with Gasteiger partial charge in [0.2, 0.25) is 5.91 Å². The van der Waals surface area contributed by atoms with E-state index in [0.29, 0.717) is 12.5 Å². The molecule has 0 radical (unpaired) electrons. The van der Waals surface area contributed by atoms with E-state index in [4.69, 9.17) is 0 Å². The Balaban J connectivity index is 0.00000324. The zero-order valence-corrected chi connectivity index (χ0v) is 14.8. The summed E-state index contributed by atoms with van der Waals surface area (Å²) in [5, 5.41) is 6.15. The van der Waals surface area contributed by atoms with Gasteiger partial charge >= 0.3 is 0 Å². The fourth-order valence-corrected chi connectivity index (χ4v) is 2.12. The van der Waals surface area contributed by atoms with Crippen LogP contribution in [-0.4, -0.2) is 44.5 Å². The zero-order valence-electron chi connectivity index (χ0n) is 11.7. The minimum Gasteiger partial charge on any atom is -0.352 e. The normalized spacial score (nSPS) is 10.6. The van der Waals surface area contributed by atoms with Crippen LogP contribution < -0.4 is 10.6 Å². The van der Waals surface area contributed by atoms with Gasteiger partial charge in [-0.2, -0.15) is 0 Å². The molecule has 5 nitrogen and oxygen atoms in total. The van der Waals surface area contributed by atoms with Crippen molar-refractivity contribution in [2.45, 2.75) is 13.5 Å². The Morgan fingerprint density at radius 3 is 2.53 bits per heavy atom. The number of hydrogen-bond acceptors (Lipinski definition) is 3. The van der Waals surface area contributed by atoms with Crippen molar-refractivity contribution in [2.24, 2.45) is 4.99 Å². The lowest BCUT2D eigenvalue weighted by atomic mass is 10.4. The number of guanidine groups is 1. The van der Waals surface area contributed by atoms with Crippen LogP contribution >= 0.6 is 35.3 Å². The van der Waals surface area contributed by atoms with E-state index < -0.39 is 0 Å². The van der Waals surface area contributed by atoms with Crippen molar-refractivity contribution in [2.75, 3.05) is 27.7 Å². The van der Waals surface area contributed by atoms with E-state index in [1.54, 1.807) is 37.4 Å². The van der Waals surface area contributed by atoms with Gasteiger partial charge < -0.3 is 15.5 Å². The summed E-state index contributed by atoms with van der Waals surface area (Å²) < 4.78 is 0. The summed E-state index contributed by atoms with van der Waals surface area (Å²) in [5.41, 5.74) is 0. The maximum atomic E-state index is 11.4. The molecule has 0 aliphatic rings. The van der Waals surface area contributed by atoms with Crippen LogP contribution in [0.4, 0.5) is 0 Å². The van der Waals surface area contributed by atoms with Crippen molar-refractivity contribution < 1.29 is 4.79 Å². The molecule has 2 N–H and O–H groups in total. The molecule has 0 aliphatic heterocycles. The number of halogens is 1. The topological polar surface area (TPSA) is 56.7 Å². The molecule has 1 aromatic rings. The molecular formula is C12H21IN4OS. The van der Waals surface area contributed by atoms with Gasteiger partial charge in [0.25, 0.3) is 0 Å². The van der Waals surface area contributed by atoms with Gasteiger partial charge in [0.05, 0.1) is 13.1 Å². The molecule has 19 heavy (non-hydrogen) atoms. The molecule has 0 saturated heterocycles. The number of rotatable bonds is 4. The fourth-order valence-electron chi connectivity index (χ4n) is 1.29. The van der Waals surface area contributed by atoms with Crippen LogP contribution in [0.15, 0.2) is 17.1 Å². The first-order valence-electron chi connectivity index (χ1n) is 5.73. The molecule has 0 fully saturated rings. The van der Waals surface area contributed by atoms with Crippen molar-refractivity contribution in [3.63, 3.8) is 0 Å². The third-order valence-corrected chi connectivity index (χ3v) is 3.36. The molecule has 1 heterocycles. The summed E-state index contributed by atoms with van der Waals surface area (Å²) in [6.07, 6.45) is 0. The number of nitrogens with zero attached hydrogens (tertiary/aromatic N) is 2. The van der Waals surface area contributed by atoms with Crippen molar-refractivity contribution in [1.82, 2.24) is 15.5 Å². The SMILES string of the molecule is CN=C(NCC(=O)N(C)C)NCc1ccc(C)s1.I. The molecule has 108 valence electrons. The van der Waals surface area contributed by atoms with Gasteiger partial charge in [-0.25, -0.2) is 0 Å². The third-order valence-electron chi connectivity index (χ3n) is 2.36. The first-order valence-corrected chi connectivity index (χ1v) is 6.54. The minimum absolute atomic E-state index is 0. The standard InChI is InChI=1S/C12H20N4OS.HI/c1-9-5-6-10(18-9)7-14-12(13-2)15-8-11(17)16(3)4;/h5-6H,7-8H2,1-4H3,(H2,13,14,15);1H. The number of aryl methyl sites for hydroxylation is 1. The van der Waals surface area contributed by atoms with Crippen LogP contribution in [0, 0.1) is 6.92 Å². The van der Waals surface area contributed by atoms with Crippen molar-refractivity contribution in [3.05, 3.63) is 21.9 Å². The van der Waals surface area contributed by atoms with Crippen LogP contribution in [0.2, 0.25) is 0 Å². The van der Waals surface area contributed by atoms with E-state index in [1.807, 2.05) is 0 Å². The fraction of sp³-hybridized carbons (Fsp3) is 0.500. The lowest BCUT2D eigenvalue weighted by Crippen LogP contribution is -2.42. The second-order valence-electron chi connectivity index (χ2n) is 4.08. The monoisotopic (exact) mass is 396 g/mol. The molecule has 1 aromatic heterocycles. The predicted molar refractivity (Wildman–Crippen MR) is 91.4 cm³/mol. The van der Waals surface area contributed by atoms with Crippen LogP contribution in [-0.2, 0) is 11.3 Å². The summed E-state index contributed by atoms with van der Waals surface area (Å²) in [6.45, 7) is 3.04. The quantitative estimate of drug-likeness (QED) is 0.460. The van der Waals surface area contributed by atoms with Gasteiger partial charge in [0.1, 0.15) is 0 Å². The molecule has 0 spiro atoms. The largest absolute Gasteiger partial charge is 0.352 e. The number of nitrogens with one attached hydrogen (secondary N) is 2. The summed E-state index contributed by atoms with van der Waals surface area (Å²) in [4.78, 5) is 19.6. The molecule has 0 saturated carbocycles. The maximum Gasteiger partial charge on any atom is 0.241 e. The Labute approximate surface area is 135 Å². The third kappa shape index (κ3) is 6.76. The Bertz CT molecular complexity index is 431. The highest BCUT2D eigenvalue weighted by Crippen LogP contribution is 2.14. The second kappa shape index (κ2) is 9.13. The number of hydrogen-bond donors (Lipinski definition) is 2. The molecular weight excluding hydrogens is 375 g/mol. The smallest absolute Gasteiger partial charge is 0.241 e. The van der Waals surface area contributed by atoms with E-state index in [2.05, 4.69) is 34.7 Å². The molecule has 7 heteroatoms. The lowest BCUT2D eigenvalue weighted by Gasteiger charge is -2.13. The molecule has 1 amide bonds. The zero-order chi connectivity index (χ0) is 13.5. The summed E-state index contributed by atoms with van der Waals surface area (Å²) in [5.74, 6) is 0.654. The Morgan fingerprint density at radius 1 is 1.37 bits per heavy atom. The summed E-state index contributed by atoms with van der Waals surface area (Å²) in [7, 11) is 5.15. The number of amides is 1. The van der Waals surface area contributed by atoms with E-state index in [9.17, 15) is 4.79 Å². The number of likely N-dealkylation sites (N-methyl/N-ethyl adjacent to an activating group) is 1. The van der Waals surface area contributed by atoms with Gasteiger partial charge in [0, 0.05) is 30.9 Å². The lowest BCUT2D eigenvalue weighted by molar-refractivity contribution is -0.127. The van der Waals surface area contributed by atoms with Gasteiger partial charge in [-0.05, 0) is 19.1 Å². The van der Waals surface area contributed by atoms with E-state index in [1.165, 1.54) is 9.75 Å². The van der Waals surface area contributed by atoms with Crippen molar-refractivity contribution >= 4 is 47.2 Å². The van der Waals surface area contributed by atoms with Gasteiger partial charge in [-0.1, -0.05) is 0 Å². The Kier molecular flexibility index (Phi) is 8.73. The number of thiophene rings is 1.